The Morgan fingerprint density at radius 2 is 1.30 bits per heavy atom. The van der Waals surface area contributed by atoms with E-state index in [1.807, 2.05) is 6.92 Å². The Bertz CT molecular complexity index is 1040. The second-order valence-corrected chi connectivity index (χ2v) is 11.2. The lowest BCUT2D eigenvalue weighted by Crippen LogP contribution is -2.57. The van der Waals surface area contributed by atoms with Gasteiger partial charge in [0.1, 0.15) is 30.9 Å². The molecule has 14 N–H and O–H groups in total. The molecule has 18 nitrogen and oxygen atoms in total. The minimum Gasteiger partial charge on any atom is -0.370 e. The third kappa shape index (κ3) is 18.0. The third-order valence-corrected chi connectivity index (χ3v) is 7.25. The van der Waals surface area contributed by atoms with Crippen LogP contribution in [0.3, 0.4) is 0 Å². The highest BCUT2D eigenvalue weighted by molar-refractivity contribution is 5.94. The SMILES string of the molecule is CCCC[C@H]1NC(=O)CCNC(=O)CNC(=O)[C@H](N=C(N)N)CCOCNC(=O)[C@H](CCCCN)NC(=O)[C@H](CCCCN)NC1=O. The van der Waals surface area contributed by atoms with E-state index in [-0.39, 0.29) is 51.5 Å². The van der Waals surface area contributed by atoms with Crippen LogP contribution in [0.4, 0.5) is 0 Å². The predicted octanol–water partition coefficient (Wildman–Crippen LogP) is -3.35. The number of nitrogens with zero attached hydrogens (tertiary/aromatic N) is 1. The molecular formula is C29H55N11O7. The molecule has 1 saturated heterocycles. The normalized spacial score (nSPS) is 23.3. The molecule has 6 amide bonds. The number of amides is 6. The summed E-state index contributed by atoms with van der Waals surface area (Å²) in [5, 5.41) is 15.8. The summed E-state index contributed by atoms with van der Waals surface area (Å²) < 4.78 is 5.48. The van der Waals surface area contributed by atoms with Crippen molar-refractivity contribution < 1.29 is 33.5 Å². The van der Waals surface area contributed by atoms with Crippen LogP contribution in [0, 0.1) is 0 Å². The maximum absolute atomic E-state index is 13.5. The number of carbonyl (C=O) groups is 6. The average molecular weight is 670 g/mol. The molecule has 0 aliphatic carbocycles. The number of aliphatic imine (C=N–C) groups is 1. The zero-order valence-electron chi connectivity index (χ0n) is 27.4. The zero-order valence-corrected chi connectivity index (χ0v) is 27.4. The van der Waals surface area contributed by atoms with Crippen LogP contribution in [0.15, 0.2) is 4.99 Å². The van der Waals surface area contributed by atoms with E-state index in [0.717, 1.165) is 6.42 Å². The highest BCUT2D eigenvalue weighted by atomic mass is 16.5. The van der Waals surface area contributed by atoms with E-state index < -0.39 is 66.2 Å². The lowest BCUT2D eigenvalue weighted by atomic mass is 10.0. The van der Waals surface area contributed by atoms with Crippen LogP contribution in [0.1, 0.15) is 77.6 Å². The fourth-order valence-electron chi connectivity index (χ4n) is 4.62. The van der Waals surface area contributed by atoms with Crippen molar-refractivity contribution in [1.29, 1.82) is 0 Å². The lowest BCUT2D eigenvalue weighted by molar-refractivity contribution is -0.134. The van der Waals surface area contributed by atoms with Gasteiger partial charge in [-0.1, -0.05) is 19.8 Å². The Kier molecular flexibility index (Phi) is 21.1. The van der Waals surface area contributed by atoms with Crippen molar-refractivity contribution in [3.05, 3.63) is 0 Å². The van der Waals surface area contributed by atoms with E-state index in [0.29, 0.717) is 51.6 Å². The number of rotatable bonds is 12. The van der Waals surface area contributed by atoms with Crippen molar-refractivity contribution in [1.82, 2.24) is 31.9 Å². The summed E-state index contributed by atoms with van der Waals surface area (Å²) in [6, 6.07) is -3.94. The molecule has 0 aromatic rings. The summed E-state index contributed by atoms with van der Waals surface area (Å²) in [7, 11) is 0. The van der Waals surface area contributed by atoms with Gasteiger partial charge < -0.3 is 59.6 Å². The standard InChI is InChI=1S/C29H55N11O7/c1-2-3-8-20-27(45)39-21(10-5-7-14-31)28(46)38-19(9-4-6-13-30)26(44)36-18-47-16-12-22(40-29(32)33)25(43)35-17-24(42)34-15-11-23(41)37-20/h19-22H,2-18,30-31H2,1H3,(H,34,42)(H,35,43)(H,36,44)(H,37,41)(H,38,46)(H,39,45)(H4,32,33,40)/t19-,20+,21-,22+/m0/s1. The van der Waals surface area contributed by atoms with Gasteiger partial charge in [0.15, 0.2) is 5.96 Å². The van der Waals surface area contributed by atoms with E-state index in [1.54, 1.807) is 0 Å². The van der Waals surface area contributed by atoms with Crippen LogP contribution in [0.2, 0.25) is 0 Å². The maximum Gasteiger partial charge on any atom is 0.245 e. The number of hydrogen-bond acceptors (Lipinski definition) is 10. The number of carbonyl (C=O) groups excluding carboxylic acids is 6. The van der Waals surface area contributed by atoms with Crippen molar-refractivity contribution in [2.75, 3.05) is 39.5 Å². The molecule has 1 heterocycles. The number of guanidine groups is 1. The molecule has 0 bridgehead atoms. The van der Waals surface area contributed by atoms with Gasteiger partial charge in [-0.05, 0) is 58.0 Å². The fourth-order valence-corrected chi connectivity index (χ4v) is 4.62. The van der Waals surface area contributed by atoms with Gasteiger partial charge in [0.05, 0.1) is 13.2 Å². The van der Waals surface area contributed by atoms with Crippen molar-refractivity contribution in [2.45, 2.75) is 102 Å². The molecule has 0 unspecified atom stereocenters. The van der Waals surface area contributed by atoms with Crippen LogP contribution in [-0.4, -0.2) is 105 Å². The summed E-state index contributed by atoms with van der Waals surface area (Å²) in [4.78, 5) is 81.6. The molecule has 0 spiro atoms. The van der Waals surface area contributed by atoms with Crippen LogP contribution >= 0.6 is 0 Å². The summed E-state index contributed by atoms with van der Waals surface area (Å²) >= 11 is 0. The predicted molar refractivity (Wildman–Crippen MR) is 175 cm³/mol. The van der Waals surface area contributed by atoms with Crippen LogP contribution < -0.4 is 54.8 Å². The van der Waals surface area contributed by atoms with Gasteiger partial charge in [0.2, 0.25) is 35.4 Å². The highest BCUT2D eigenvalue weighted by Crippen LogP contribution is 2.08. The minimum atomic E-state index is -1.07. The summed E-state index contributed by atoms with van der Waals surface area (Å²) in [5.41, 5.74) is 22.2. The van der Waals surface area contributed by atoms with E-state index in [2.05, 4.69) is 36.9 Å². The summed E-state index contributed by atoms with van der Waals surface area (Å²) in [6.07, 6.45) is 4.49. The molecule has 18 heteroatoms. The summed E-state index contributed by atoms with van der Waals surface area (Å²) in [5.74, 6) is -3.63. The third-order valence-electron chi connectivity index (χ3n) is 7.25. The van der Waals surface area contributed by atoms with E-state index in [1.165, 1.54) is 0 Å². The zero-order chi connectivity index (χ0) is 35.0. The van der Waals surface area contributed by atoms with Gasteiger partial charge in [0.25, 0.3) is 0 Å². The molecular weight excluding hydrogens is 614 g/mol. The van der Waals surface area contributed by atoms with Crippen molar-refractivity contribution >= 4 is 41.4 Å². The molecule has 1 rings (SSSR count). The monoisotopic (exact) mass is 669 g/mol. The average Bonchev–Trinajstić information content (AvgIpc) is 3.03. The number of nitrogens with two attached hydrogens (primary N) is 4. The van der Waals surface area contributed by atoms with Crippen molar-refractivity contribution in [2.24, 2.45) is 27.9 Å². The Morgan fingerprint density at radius 3 is 1.87 bits per heavy atom. The molecule has 0 aromatic carbocycles. The molecule has 1 fully saturated rings. The van der Waals surface area contributed by atoms with Crippen molar-refractivity contribution in [3.63, 3.8) is 0 Å². The quantitative estimate of drug-likeness (QED) is 0.0556. The summed E-state index contributed by atoms with van der Waals surface area (Å²) in [6.45, 7) is 2.02. The van der Waals surface area contributed by atoms with E-state index in [4.69, 9.17) is 27.7 Å². The molecule has 1 aliphatic heterocycles. The van der Waals surface area contributed by atoms with Crippen molar-refractivity contribution in [3.8, 4) is 0 Å². The van der Waals surface area contributed by atoms with Gasteiger partial charge in [0, 0.05) is 19.4 Å². The van der Waals surface area contributed by atoms with Crippen LogP contribution in [0.5, 0.6) is 0 Å². The number of unbranched alkanes of at least 4 members (excludes halogenated alkanes) is 3. The van der Waals surface area contributed by atoms with E-state index in [9.17, 15) is 28.8 Å². The molecule has 0 radical (unpaired) electrons. The Balaban J connectivity index is 3.25. The van der Waals surface area contributed by atoms with Crippen LogP contribution in [-0.2, 0) is 33.5 Å². The first-order valence-corrected chi connectivity index (χ1v) is 16.3. The van der Waals surface area contributed by atoms with Gasteiger partial charge in [-0.25, -0.2) is 4.99 Å². The van der Waals surface area contributed by atoms with E-state index >= 15 is 0 Å². The fraction of sp³-hybridized carbons (Fsp3) is 0.759. The first kappa shape index (κ1) is 41.0. The Morgan fingerprint density at radius 1 is 0.723 bits per heavy atom. The number of ether oxygens (including phenoxy) is 1. The minimum absolute atomic E-state index is 0.0292. The molecule has 0 aromatic heterocycles. The molecule has 268 valence electrons. The molecule has 1 aliphatic rings. The van der Waals surface area contributed by atoms with Gasteiger partial charge in [-0.3, -0.25) is 28.8 Å². The molecule has 0 saturated carbocycles. The molecule has 47 heavy (non-hydrogen) atoms. The van der Waals surface area contributed by atoms with Gasteiger partial charge >= 0.3 is 0 Å². The largest absolute Gasteiger partial charge is 0.370 e. The smallest absolute Gasteiger partial charge is 0.245 e. The van der Waals surface area contributed by atoms with Gasteiger partial charge in [-0.15, -0.1) is 0 Å². The Hall–Kier alpha value is -4.03. The topological polar surface area (TPSA) is 300 Å². The first-order chi connectivity index (χ1) is 22.5. The second kappa shape index (κ2) is 24.2. The lowest BCUT2D eigenvalue weighted by Gasteiger charge is -2.25. The van der Waals surface area contributed by atoms with Gasteiger partial charge in [-0.2, -0.15) is 0 Å². The van der Waals surface area contributed by atoms with Crippen LogP contribution in [0.25, 0.3) is 0 Å². The maximum atomic E-state index is 13.5. The molecule has 4 atom stereocenters. The number of nitrogens with one attached hydrogen (secondary N) is 6. The first-order valence-electron chi connectivity index (χ1n) is 16.3. The Labute approximate surface area is 276 Å². The highest BCUT2D eigenvalue weighted by Gasteiger charge is 2.29. The second-order valence-electron chi connectivity index (χ2n) is 11.2. The number of hydrogen-bond donors (Lipinski definition) is 10.